The van der Waals surface area contributed by atoms with Gasteiger partial charge in [0.25, 0.3) is 0 Å². The van der Waals surface area contributed by atoms with E-state index >= 15 is 0 Å². The van der Waals surface area contributed by atoms with Gasteiger partial charge in [-0.25, -0.2) is 0 Å². The van der Waals surface area contributed by atoms with Gasteiger partial charge in [0.1, 0.15) is 12.2 Å². The molecule has 0 amide bonds. The zero-order valence-electron chi connectivity index (χ0n) is 10.7. The normalized spacial score (nSPS) is 28.7. The fourth-order valence-corrected chi connectivity index (χ4v) is 1.91. The van der Waals surface area contributed by atoms with Gasteiger partial charge in [0, 0.05) is 5.56 Å². The van der Waals surface area contributed by atoms with E-state index in [1.807, 2.05) is 36.4 Å². The largest absolute Gasteiger partial charge is 0.388 e. The molecular weight excluding hydrogens is 228 g/mol. The van der Waals surface area contributed by atoms with Crippen LogP contribution in [0.1, 0.15) is 31.6 Å². The van der Waals surface area contributed by atoms with Gasteiger partial charge in [-0.05, 0) is 6.42 Å². The van der Waals surface area contributed by atoms with Crippen LogP contribution in [0.5, 0.6) is 0 Å². The van der Waals surface area contributed by atoms with Gasteiger partial charge in [-0.15, -0.1) is 0 Å². The summed E-state index contributed by atoms with van der Waals surface area (Å²) in [6.45, 7) is 2.43. The first-order chi connectivity index (χ1) is 8.81. The Bertz CT molecular complexity index is 375. The summed E-state index contributed by atoms with van der Waals surface area (Å²) >= 11 is 0. The highest BCUT2D eigenvalue weighted by atomic mass is 16.7. The smallest absolute Gasteiger partial charge is 0.184 e. The second-order valence-electron chi connectivity index (χ2n) is 4.46. The Hall–Kier alpha value is -1.16. The van der Waals surface area contributed by atoms with Crippen molar-refractivity contribution in [3.05, 3.63) is 48.0 Å². The summed E-state index contributed by atoms with van der Waals surface area (Å²) in [6.07, 6.45) is 4.84. The first-order valence-electron chi connectivity index (χ1n) is 6.48. The van der Waals surface area contributed by atoms with E-state index in [1.54, 1.807) is 0 Å². The standard InChI is InChI=1S/C15H20O3/c1-2-3-5-10-14-13(16)11-17-15(18-14)12-8-6-4-7-9-12/h4-10,13-16H,2-3,11H2,1H3/b10-5+/t13-,14-,15?/m1/s1. The summed E-state index contributed by atoms with van der Waals surface area (Å²) in [4.78, 5) is 0. The Morgan fingerprint density at radius 2 is 2.11 bits per heavy atom. The molecule has 1 aliphatic heterocycles. The van der Waals surface area contributed by atoms with E-state index in [-0.39, 0.29) is 12.4 Å². The maximum atomic E-state index is 9.83. The topological polar surface area (TPSA) is 38.7 Å². The first kappa shape index (κ1) is 13.3. The summed E-state index contributed by atoms with van der Waals surface area (Å²) in [6, 6.07) is 9.80. The molecule has 3 heteroatoms. The van der Waals surface area contributed by atoms with Crippen molar-refractivity contribution in [3.63, 3.8) is 0 Å². The first-order valence-corrected chi connectivity index (χ1v) is 6.48. The Morgan fingerprint density at radius 1 is 1.33 bits per heavy atom. The van der Waals surface area contributed by atoms with E-state index < -0.39 is 6.10 Å². The number of aliphatic hydroxyl groups is 1. The van der Waals surface area contributed by atoms with E-state index in [1.165, 1.54) is 0 Å². The Labute approximate surface area is 108 Å². The van der Waals surface area contributed by atoms with E-state index in [0.717, 1.165) is 18.4 Å². The summed E-state index contributed by atoms with van der Waals surface area (Å²) in [5.41, 5.74) is 0.985. The maximum absolute atomic E-state index is 9.83. The molecule has 1 aromatic carbocycles. The average Bonchev–Trinajstić information content (AvgIpc) is 2.42. The van der Waals surface area contributed by atoms with E-state index in [0.29, 0.717) is 6.61 Å². The van der Waals surface area contributed by atoms with Crippen molar-refractivity contribution in [2.24, 2.45) is 0 Å². The molecule has 0 saturated carbocycles. The summed E-state index contributed by atoms with van der Waals surface area (Å²) in [5, 5.41) is 9.83. The fraction of sp³-hybridized carbons (Fsp3) is 0.467. The van der Waals surface area contributed by atoms with Gasteiger partial charge in [-0.2, -0.15) is 0 Å². The van der Waals surface area contributed by atoms with Crippen molar-refractivity contribution in [2.75, 3.05) is 6.61 Å². The number of ether oxygens (including phenoxy) is 2. The average molecular weight is 248 g/mol. The van der Waals surface area contributed by atoms with Gasteiger partial charge in [-0.1, -0.05) is 55.8 Å². The maximum Gasteiger partial charge on any atom is 0.184 e. The molecule has 2 rings (SSSR count). The molecular formula is C15H20O3. The summed E-state index contributed by atoms with van der Waals surface area (Å²) < 4.78 is 11.3. The molecule has 0 aliphatic carbocycles. The Morgan fingerprint density at radius 3 is 2.83 bits per heavy atom. The zero-order valence-corrected chi connectivity index (χ0v) is 10.7. The molecule has 1 N–H and O–H groups in total. The third-order valence-corrected chi connectivity index (χ3v) is 2.93. The number of unbranched alkanes of at least 4 members (excludes halogenated alkanes) is 1. The molecule has 0 radical (unpaired) electrons. The van der Waals surface area contributed by atoms with Crippen LogP contribution >= 0.6 is 0 Å². The molecule has 1 aliphatic rings. The van der Waals surface area contributed by atoms with E-state index in [2.05, 4.69) is 13.0 Å². The molecule has 3 nitrogen and oxygen atoms in total. The van der Waals surface area contributed by atoms with E-state index in [4.69, 9.17) is 9.47 Å². The van der Waals surface area contributed by atoms with Gasteiger partial charge in [-0.3, -0.25) is 0 Å². The predicted octanol–water partition coefficient (Wildman–Crippen LogP) is 2.82. The highest BCUT2D eigenvalue weighted by Gasteiger charge is 2.29. The Balaban J connectivity index is 2.00. The fourth-order valence-electron chi connectivity index (χ4n) is 1.91. The van der Waals surface area contributed by atoms with E-state index in [9.17, 15) is 5.11 Å². The van der Waals surface area contributed by atoms with Crippen LogP contribution in [-0.2, 0) is 9.47 Å². The number of rotatable bonds is 4. The number of benzene rings is 1. The molecule has 98 valence electrons. The monoisotopic (exact) mass is 248 g/mol. The number of aliphatic hydroxyl groups excluding tert-OH is 1. The van der Waals surface area contributed by atoms with Gasteiger partial charge in [0.2, 0.25) is 0 Å². The molecule has 1 aromatic rings. The molecule has 0 aromatic heterocycles. The highest BCUT2D eigenvalue weighted by Crippen LogP contribution is 2.26. The van der Waals surface area contributed by atoms with Crippen LogP contribution in [0.25, 0.3) is 0 Å². The minimum atomic E-state index is -0.585. The number of allylic oxidation sites excluding steroid dienone is 1. The lowest BCUT2D eigenvalue weighted by Crippen LogP contribution is -2.39. The minimum Gasteiger partial charge on any atom is -0.388 e. The van der Waals surface area contributed by atoms with Crippen LogP contribution in [0.15, 0.2) is 42.5 Å². The molecule has 0 bridgehead atoms. The summed E-state index contributed by atoms with van der Waals surface area (Å²) in [7, 11) is 0. The summed E-state index contributed by atoms with van der Waals surface area (Å²) in [5.74, 6) is 0. The molecule has 18 heavy (non-hydrogen) atoms. The van der Waals surface area contributed by atoms with Crippen LogP contribution in [0.4, 0.5) is 0 Å². The van der Waals surface area contributed by atoms with Crippen LogP contribution in [-0.4, -0.2) is 23.9 Å². The minimum absolute atomic E-state index is 0.282. The van der Waals surface area contributed by atoms with Crippen LogP contribution in [0, 0.1) is 0 Å². The molecule has 0 spiro atoms. The predicted molar refractivity (Wildman–Crippen MR) is 70.1 cm³/mol. The van der Waals surface area contributed by atoms with Crippen LogP contribution in [0.2, 0.25) is 0 Å². The van der Waals surface area contributed by atoms with Crippen molar-refractivity contribution in [2.45, 2.75) is 38.3 Å². The van der Waals surface area contributed by atoms with Gasteiger partial charge in [0.05, 0.1) is 6.61 Å². The lowest BCUT2D eigenvalue weighted by atomic mass is 10.1. The second kappa shape index (κ2) is 6.69. The molecule has 1 unspecified atom stereocenters. The zero-order chi connectivity index (χ0) is 12.8. The second-order valence-corrected chi connectivity index (χ2v) is 4.46. The SMILES string of the molecule is CCC/C=C/[C@H]1OC(c2ccccc2)OC[C@H]1O. The lowest BCUT2D eigenvalue weighted by Gasteiger charge is -2.32. The van der Waals surface area contributed by atoms with Crippen molar-refractivity contribution >= 4 is 0 Å². The van der Waals surface area contributed by atoms with Crippen molar-refractivity contribution in [1.82, 2.24) is 0 Å². The molecule has 1 fully saturated rings. The molecule has 1 heterocycles. The van der Waals surface area contributed by atoms with Crippen molar-refractivity contribution in [1.29, 1.82) is 0 Å². The number of hydrogen-bond donors (Lipinski definition) is 1. The molecule has 3 atom stereocenters. The highest BCUT2D eigenvalue weighted by molar-refractivity contribution is 5.16. The number of hydrogen-bond acceptors (Lipinski definition) is 3. The quantitative estimate of drug-likeness (QED) is 0.833. The van der Waals surface area contributed by atoms with Crippen molar-refractivity contribution in [3.8, 4) is 0 Å². The molecule has 1 saturated heterocycles. The van der Waals surface area contributed by atoms with Gasteiger partial charge < -0.3 is 14.6 Å². The van der Waals surface area contributed by atoms with Gasteiger partial charge >= 0.3 is 0 Å². The Kier molecular flexibility index (Phi) is 4.93. The van der Waals surface area contributed by atoms with Crippen LogP contribution in [0.3, 0.4) is 0 Å². The van der Waals surface area contributed by atoms with Gasteiger partial charge in [0.15, 0.2) is 6.29 Å². The third kappa shape index (κ3) is 3.42. The van der Waals surface area contributed by atoms with Crippen molar-refractivity contribution < 1.29 is 14.6 Å². The third-order valence-electron chi connectivity index (χ3n) is 2.93. The van der Waals surface area contributed by atoms with Crippen LogP contribution < -0.4 is 0 Å². The lowest BCUT2D eigenvalue weighted by molar-refractivity contribution is -0.243.